The maximum absolute atomic E-state index is 12.1. The number of hydrogen-bond acceptors (Lipinski definition) is 3. The van der Waals surface area contributed by atoms with Gasteiger partial charge in [0, 0.05) is 23.6 Å². The molecule has 1 heterocycles. The van der Waals surface area contributed by atoms with E-state index in [2.05, 4.69) is 10.3 Å². The van der Waals surface area contributed by atoms with Crippen LogP contribution in [0.4, 0.5) is 0 Å². The van der Waals surface area contributed by atoms with Crippen LogP contribution in [0.15, 0.2) is 35.3 Å². The van der Waals surface area contributed by atoms with Gasteiger partial charge < -0.3 is 15.4 Å². The lowest BCUT2D eigenvalue weighted by Gasteiger charge is -2.07. The minimum Gasteiger partial charge on any atom is -0.392 e. The van der Waals surface area contributed by atoms with E-state index in [-0.39, 0.29) is 17.5 Å². The van der Waals surface area contributed by atoms with Crippen LogP contribution in [0.5, 0.6) is 0 Å². The lowest BCUT2D eigenvalue weighted by atomic mass is 10.1. The molecule has 0 spiro atoms. The second-order valence-corrected chi connectivity index (χ2v) is 4.14. The maximum Gasteiger partial charge on any atom is 0.256 e. The van der Waals surface area contributed by atoms with Crippen LogP contribution in [0.1, 0.15) is 17.3 Å². The first-order valence-corrected chi connectivity index (χ1v) is 5.66. The number of H-pyrrole nitrogens is 1. The first kappa shape index (κ1) is 12.3. The lowest BCUT2D eigenvalue weighted by molar-refractivity contribution is 0.0923. The molecule has 94 valence electrons. The highest BCUT2D eigenvalue weighted by Crippen LogP contribution is 2.06. The molecule has 1 amide bonds. The van der Waals surface area contributed by atoms with Crippen LogP contribution in [0.2, 0.25) is 0 Å². The molecule has 0 saturated heterocycles. The number of nitrogens with one attached hydrogen (secondary N) is 2. The van der Waals surface area contributed by atoms with Gasteiger partial charge in [-0.3, -0.25) is 9.59 Å². The molecular formula is C13H14N2O3. The molecule has 5 heteroatoms. The summed E-state index contributed by atoms with van der Waals surface area (Å²) in [6.45, 7) is 1.68. The molecule has 0 aliphatic carbocycles. The topological polar surface area (TPSA) is 82.2 Å². The Morgan fingerprint density at radius 2 is 2.17 bits per heavy atom. The Morgan fingerprint density at radius 3 is 2.89 bits per heavy atom. The zero-order valence-electron chi connectivity index (χ0n) is 9.93. The van der Waals surface area contributed by atoms with Crippen molar-refractivity contribution in [2.45, 2.75) is 13.0 Å². The van der Waals surface area contributed by atoms with Crippen LogP contribution in [0, 0.1) is 0 Å². The van der Waals surface area contributed by atoms with Gasteiger partial charge in [0.05, 0.1) is 6.10 Å². The van der Waals surface area contributed by atoms with E-state index in [9.17, 15) is 9.59 Å². The van der Waals surface area contributed by atoms with Crippen LogP contribution in [-0.4, -0.2) is 28.6 Å². The third-order valence-electron chi connectivity index (χ3n) is 2.59. The molecule has 2 aromatic rings. The molecule has 0 bridgehead atoms. The predicted molar refractivity (Wildman–Crippen MR) is 68.6 cm³/mol. The number of amides is 1. The van der Waals surface area contributed by atoms with Gasteiger partial charge in [0.25, 0.3) is 5.91 Å². The molecule has 1 aromatic heterocycles. The number of aliphatic hydroxyl groups excluding tert-OH is 1. The number of aliphatic hydroxyl groups is 1. The number of fused-ring (bicyclic) bond motifs is 1. The highest BCUT2D eigenvalue weighted by atomic mass is 16.3. The van der Waals surface area contributed by atoms with Crippen molar-refractivity contribution in [1.29, 1.82) is 0 Å². The summed E-state index contributed by atoms with van der Waals surface area (Å²) in [7, 11) is 0. The maximum atomic E-state index is 12.1. The second kappa shape index (κ2) is 5.01. The second-order valence-electron chi connectivity index (χ2n) is 4.14. The van der Waals surface area contributed by atoms with Crippen molar-refractivity contribution in [1.82, 2.24) is 10.3 Å². The standard InChI is InChI=1S/C13H14N2O3/c1-8(16)6-15-13(18)10-7-14-11-5-3-2-4-9(11)12(10)17/h2-5,7-8,16H,6H2,1H3,(H,14,17)(H,15,18)/t8-/m1/s1. The van der Waals surface area contributed by atoms with Gasteiger partial charge in [-0.15, -0.1) is 0 Å². The summed E-state index contributed by atoms with van der Waals surface area (Å²) in [5.41, 5.74) is 0.427. The summed E-state index contributed by atoms with van der Waals surface area (Å²) in [5.74, 6) is -0.483. The Hall–Kier alpha value is -2.14. The molecule has 3 N–H and O–H groups in total. The Kier molecular flexibility index (Phi) is 3.43. The summed E-state index contributed by atoms with van der Waals surface area (Å²) in [6, 6.07) is 6.99. The van der Waals surface area contributed by atoms with E-state index in [1.165, 1.54) is 6.20 Å². The van der Waals surface area contributed by atoms with Crippen molar-refractivity contribution < 1.29 is 9.90 Å². The Balaban J connectivity index is 2.37. The molecule has 18 heavy (non-hydrogen) atoms. The van der Waals surface area contributed by atoms with Crippen LogP contribution >= 0.6 is 0 Å². The fourth-order valence-corrected chi connectivity index (χ4v) is 1.67. The van der Waals surface area contributed by atoms with E-state index >= 15 is 0 Å². The number of pyridine rings is 1. The minimum absolute atomic E-state index is 0.0503. The quantitative estimate of drug-likeness (QED) is 0.743. The molecule has 0 fully saturated rings. The predicted octanol–water partition coefficient (Wildman–Crippen LogP) is 0.639. The number of carbonyl (C=O) groups is 1. The molecular weight excluding hydrogens is 232 g/mol. The average Bonchev–Trinajstić information content (AvgIpc) is 2.37. The molecule has 0 aliphatic rings. The van der Waals surface area contributed by atoms with Crippen LogP contribution in [-0.2, 0) is 0 Å². The normalized spacial score (nSPS) is 12.3. The van der Waals surface area contributed by atoms with Crippen LogP contribution in [0.3, 0.4) is 0 Å². The van der Waals surface area contributed by atoms with E-state index in [1.54, 1.807) is 25.1 Å². The van der Waals surface area contributed by atoms with Gasteiger partial charge in [0.1, 0.15) is 5.56 Å². The number of benzene rings is 1. The third-order valence-corrected chi connectivity index (χ3v) is 2.59. The zero-order chi connectivity index (χ0) is 13.1. The van der Waals surface area contributed by atoms with Crippen molar-refractivity contribution in [3.8, 4) is 0 Å². The fraction of sp³-hybridized carbons (Fsp3) is 0.231. The van der Waals surface area contributed by atoms with E-state index in [0.717, 1.165) is 0 Å². The van der Waals surface area contributed by atoms with Crippen molar-refractivity contribution in [3.05, 3.63) is 46.2 Å². The van der Waals surface area contributed by atoms with Crippen molar-refractivity contribution in [2.24, 2.45) is 0 Å². The highest BCUT2D eigenvalue weighted by molar-refractivity contribution is 5.97. The highest BCUT2D eigenvalue weighted by Gasteiger charge is 2.12. The first-order valence-electron chi connectivity index (χ1n) is 5.66. The Morgan fingerprint density at radius 1 is 1.44 bits per heavy atom. The summed E-state index contributed by atoms with van der Waals surface area (Å²) in [4.78, 5) is 26.7. The van der Waals surface area contributed by atoms with E-state index in [1.807, 2.05) is 6.07 Å². The zero-order valence-corrected chi connectivity index (χ0v) is 9.93. The van der Waals surface area contributed by atoms with Crippen molar-refractivity contribution >= 4 is 16.8 Å². The molecule has 0 radical (unpaired) electrons. The summed E-state index contributed by atoms with van der Waals surface area (Å²) >= 11 is 0. The molecule has 0 saturated carbocycles. The summed E-state index contributed by atoms with van der Waals surface area (Å²) in [5, 5.41) is 12.1. The van der Waals surface area contributed by atoms with Crippen LogP contribution < -0.4 is 10.7 Å². The summed E-state index contributed by atoms with van der Waals surface area (Å²) in [6.07, 6.45) is 0.746. The largest absolute Gasteiger partial charge is 0.392 e. The van der Waals surface area contributed by atoms with Crippen molar-refractivity contribution in [2.75, 3.05) is 6.54 Å². The van der Waals surface area contributed by atoms with E-state index in [4.69, 9.17) is 5.11 Å². The average molecular weight is 246 g/mol. The van der Waals surface area contributed by atoms with Crippen LogP contribution in [0.25, 0.3) is 10.9 Å². The van der Waals surface area contributed by atoms with Gasteiger partial charge >= 0.3 is 0 Å². The van der Waals surface area contributed by atoms with E-state index < -0.39 is 12.0 Å². The van der Waals surface area contributed by atoms with Gasteiger partial charge in [0.2, 0.25) is 5.43 Å². The smallest absolute Gasteiger partial charge is 0.256 e. The van der Waals surface area contributed by atoms with Gasteiger partial charge in [-0.1, -0.05) is 12.1 Å². The fourth-order valence-electron chi connectivity index (χ4n) is 1.67. The minimum atomic E-state index is -0.645. The number of rotatable bonds is 3. The Labute approximate surface area is 103 Å². The Bertz CT molecular complexity index is 631. The van der Waals surface area contributed by atoms with E-state index in [0.29, 0.717) is 10.9 Å². The number of aromatic amines is 1. The monoisotopic (exact) mass is 246 g/mol. The third kappa shape index (κ3) is 2.41. The van der Waals surface area contributed by atoms with Gasteiger partial charge in [0.15, 0.2) is 0 Å². The van der Waals surface area contributed by atoms with Crippen molar-refractivity contribution in [3.63, 3.8) is 0 Å². The number of hydrogen-bond donors (Lipinski definition) is 3. The molecule has 1 atom stereocenters. The number of para-hydroxylation sites is 1. The lowest BCUT2D eigenvalue weighted by Crippen LogP contribution is -2.33. The molecule has 2 rings (SSSR count). The number of carbonyl (C=O) groups excluding carboxylic acids is 1. The molecule has 1 aromatic carbocycles. The SMILES string of the molecule is C[C@@H](O)CNC(=O)c1c[nH]c2ccccc2c1=O. The first-order chi connectivity index (χ1) is 8.59. The molecule has 0 unspecified atom stereocenters. The molecule has 5 nitrogen and oxygen atoms in total. The summed E-state index contributed by atoms with van der Waals surface area (Å²) < 4.78 is 0. The van der Waals surface area contributed by atoms with Gasteiger partial charge in [-0.2, -0.15) is 0 Å². The number of aromatic nitrogens is 1. The van der Waals surface area contributed by atoms with Gasteiger partial charge in [-0.25, -0.2) is 0 Å². The van der Waals surface area contributed by atoms with Gasteiger partial charge in [-0.05, 0) is 19.1 Å². The molecule has 0 aliphatic heterocycles.